The highest BCUT2D eigenvalue weighted by Gasteiger charge is 2.26. The van der Waals surface area contributed by atoms with Crippen LogP contribution in [0.4, 0.5) is 17.1 Å². The van der Waals surface area contributed by atoms with Crippen LogP contribution in [-0.2, 0) is 0 Å². The molecule has 29 heavy (non-hydrogen) atoms. The Kier molecular flexibility index (Phi) is 6.63. The maximum absolute atomic E-state index is 12.6. The molecule has 0 radical (unpaired) electrons. The Morgan fingerprint density at radius 3 is 2.69 bits per heavy atom. The number of methoxy groups -OCH3 is 1. The monoisotopic (exact) mass is 401 g/mol. The van der Waals surface area contributed by atoms with E-state index in [1.807, 2.05) is 4.90 Å². The molecular formula is C20H25N4O5+. The zero-order valence-corrected chi connectivity index (χ0v) is 16.3. The Hall–Kier alpha value is -3.17. The van der Waals surface area contributed by atoms with Crippen molar-refractivity contribution >= 4 is 23.0 Å². The molecule has 1 heterocycles. The van der Waals surface area contributed by atoms with Gasteiger partial charge in [0.15, 0.2) is 0 Å². The second-order valence-electron chi connectivity index (χ2n) is 6.86. The van der Waals surface area contributed by atoms with Crippen molar-refractivity contribution in [3.63, 3.8) is 0 Å². The van der Waals surface area contributed by atoms with E-state index in [1.54, 1.807) is 36.4 Å². The van der Waals surface area contributed by atoms with E-state index in [4.69, 9.17) is 9.84 Å². The topological polar surface area (TPSA) is 109 Å². The Bertz CT molecular complexity index is 881. The number of ether oxygens (including phenoxy) is 1. The van der Waals surface area contributed by atoms with Gasteiger partial charge in [0.25, 0.3) is 11.6 Å². The van der Waals surface area contributed by atoms with Gasteiger partial charge in [0.1, 0.15) is 18.0 Å². The summed E-state index contributed by atoms with van der Waals surface area (Å²) in [5, 5.41) is 23.4. The first-order valence-corrected chi connectivity index (χ1v) is 9.45. The third kappa shape index (κ3) is 5.01. The maximum Gasteiger partial charge on any atom is 0.293 e. The summed E-state index contributed by atoms with van der Waals surface area (Å²) < 4.78 is 5.14. The van der Waals surface area contributed by atoms with Crippen LogP contribution in [0.3, 0.4) is 0 Å². The van der Waals surface area contributed by atoms with Crippen molar-refractivity contribution in [1.82, 2.24) is 0 Å². The van der Waals surface area contributed by atoms with Crippen molar-refractivity contribution in [3.8, 4) is 5.75 Å². The molecule has 0 atom stereocenters. The fourth-order valence-electron chi connectivity index (χ4n) is 3.45. The summed E-state index contributed by atoms with van der Waals surface area (Å²) in [4.78, 5) is 27.0. The first-order valence-electron chi connectivity index (χ1n) is 9.45. The van der Waals surface area contributed by atoms with Gasteiger partial charge in [-0.25, -0.2) is 0 Å². The number of anilines is 2. The number of nitrogens with one attached hydrogen (secondary N) is 2. The lowest BCUT2D eigenvalue weighted by Crippen LogP contribution is -3.15. The number of hydrogen-bond donors (Lipinski definition) is 3. The molecular weight excluding hydrogens is 376 g/mol. The highest BCUT2D eigenvalue weighted by Crippen LogP contribution is 2.30. The van der Waals surface area contributed by atoms with E-state index in [9.17, 15) is 14.9 Å². The van der Waals surface area contributed by atoms with E-state index < -0.39 is 10.8 Å². The molecule has 9 heteroatoms. The minimum atomic E-state index is -0.454. The number of nitrogens with zero attached hydrogens (tertiary/aromatic N) is 2. The number of benzene rings is 2. The smallest absolute Gasteiger partial charge is 0.293 e. The van der Waals surface area contributed by atoms with Crippen molar-refractivity contribution in [2.75, 3.05) is 56.7 Å². The molecule has 2 aromatic carbocycles. The third-order valence-corrected chi connectivity index (χ3v) is 5.04. The van der Waals surface area contributed by atoms with Crippen LogP contribution in [-0.4, -0.2) is 62.4 Å². The van der Waals surface area contributed by atoms with Crippen LogP contribution in [0.15, 0.2) is 42.5 Å². The van der Waals surface area contributed by atoms with Crippen LogP contribution in [0.1, 0.15) is 10.4 Å². The number of nitro groups is 1. The minimum Gasteiger partial charge on any atom is -0.497 e. The summed E-state index contributed by atoms with van der Waals surface area (Å²) in [5.41, 5.74) is 1.18. The number of aliphatic hydroxyl groups is 1. The van der Waals surface area contributed by atoms with Gasteiger partial charge < -0.3 is 25.0 Å². The van der Waals surface area contributed by atoms with Gasteiger partial charge in [-0.05, 0) is 24.3 Å². The van der Waals surface area contributed by atoms with E-state index in [2.05, 4.69) is 5.32 Å². The summed E-state index contributed by atoms with van der Waals surface area (Å²) in [5.74, 6) is 0.178. The van der Waals surface area contributed by atoms with Crippen LogP contribution in [0, 0.1) is 10.1 Å². The lowest BCUT2D eigenvalue weighted by molar-refractivity contribution is -0.900. The normalized spacial score (nSPS) is 14.5. The second-order valence-corrected chi connectivity index (χ2v) is 6.86. The van der Waals surface area contributed by atoms with E-state index in [1.165, 1.54) is 18.1 Å². The fourth-order valence-corrected chi connectivity index (χ4v) is 3.45. The van der Waals surface area contributed by atoms with Crippen LogP contribution in [0.5, 0.6) is 5.75 Å². The number of nitro benzene ring substituents is 1. The van der Waals surface area contributed by atoms with E-state index in [-0.39, 0.29) is 17.9 Å². The zero-order chi connectivity index (χ0) is 20.8. The first-order chi connectivity index (χ1) is 14.0. The van der Waals surface area contributed by atoms with Gasteiger partial charge in [-0.2, -0.15) is 0 Å². The predicted octanol–water partition coefficient (Wildman–Crippen LogP) is 0.553. The van der Waals surface area contributed by atoms with Crippen molar-refractivity contribution in [2.45, 2.75) is 0 Å². The van der Waals surface area contributed by atoms with Crippen molar-refractivity contribution in [1.29, 1.82) is 0 Å². The molecule has 1 amide bonds. The minimum absolute atomic E-state index is 0.0890. The van der Waals surface area contributed by atoms with Crippen molar-refractivity contribution in [2.24, 2.45) is 0 Å². The summed E-state index contributed by atoms with van der Waals surface area (Å²) >= 11 is 0. The van der Waals surface area contributed by atoms with Crippen LogP contribution >= 0.6 is 0 Å². The van der Waals surface area contributed by atoms with E-state index >= 15 is 0 Å². The first kappa shape index (κ1) is 20.6. The zero-order valence-electron chi connectivity index (χ0n) is 16.3. The van der Waals surface area contributed by atoms with Crippen LogP contribution < -0.4 is 19.9 Å². The number of carbonyl (C=O) groups is 1. The lowest BCUT2D eigenvalue weighted by Gasteiger charge is -2.33. The van der Waals surface area contributed by atoms with Gasteiger partial charge >= 0.3 is 0 Å². The molecule has 0 bridgehead atoms. The Labute approximate surface area is 168 Å². The molecule has 0 aliphatic carbocycles. The van der Waals surface area contributed by atoms with E-state index in [0.29, 0.717) is 36.8 Å². The van der Waals surface area contributed by atoms with Crippen molar-refractivity contribution in [3.05, 3.63) is 58.1 Å². The quantitative estimate of drug-likeness (QED) is 0.462. The standard InChI is InChI=1S/C20H24N4O5/c1-29-17-4-2-3-16(14-17)21-20(26)15-5-6-18(19(13-15)24(27)28)23-9-7-22(8-10-23)11-12-25/h2-6,13-14,25H,7-12H2,1H3,(H,21,26)/p+1. The van der Waals surface area contributed by atoms with Gasteiger partial charge in [-0.1, -0.05) is 6.07 Å². The number of hydrogen-bond acceptors (Lipinski definition) is 6. The van der Waals surface area contributed by atoms with Crippen LogP contribution in [0.2, 0.25) is 0 Å². The third-order valence-electron chi connectivity index (χ3n) is 5.04. The number of carbonyl (C=O) groups excluding carboxylic acids is 1. The van der Waals surface area contributed by atoms with Crippen molar-refractivity contribution < 1.29 is 24.5 Å². The van der Waals surface area contributed by atoms with Gasteiger partial charge in [0.05, 0.1) is 44.8 Å². The highest BCUT2D eigenvalue weighted by atomic mass is 16.6. The summed E-state index contributed by atoms with van der Waals surface area (Å²) in [6.07, 6.45) is 0. The fraction of sp³-hybridized carbons (Fsp3) is 0.350. The number of rotatable bonds is 7. The number of piperazine rings is 1. The molecule has 3 rings (SSSR count). The molecule has 9 nitrogen and oxygen atoms in total. The second kappa shape index (κ2) is 9.35. The van der Waals surface area contributed by atoms with Gasteiger partial charge in [0, 0.05) is 23.4 Å². The summed E-state index contributed by atoms with van der Waals surface area (Å²) in [6, 6.07) is 11.5. The predicted molar refractivity (Wildman–Crippen MR) is 109 cm³/mol. The SMILES string of the molecule is COc1cccc(NC(=O)c2ccc(N3CC[NH+](CCO)CC3)c([N+](=O)[O-])c2)c1. The lowest BCUT2D eigenvalue weighted by atomic mass is 10.1. The molecule has 1 saturated heterocycles. The number of amides is 1. The average Bonchev–Trinajstić information content (AvgIpc) is 2.74. The van der Waals surface area contributed by atoms with Crippen LogP contribution in [0.25, 0.3) is 0 Å². The maximum atomic E-state index is 12.6. The van der Waals surface area contributed by atoms with E-state index in [0.717, 1.165) is 13.1 Å². The molecule has 1 fully saturated rings. The molecule has 1 aliphatic rings. The average molecular weight is 401 g/mol. The molecule has 0 aromatic heterocycles. The molecule has 0 spiro atoms. The summed E-state index contributed by atoms with van der Waals surface area (Å²) in [7, 11) is 1.54. The Morgan fingerprint density at radius 1 is 1.28 bits per heavy atom. The molecule has 0 unspecified atom stereocenters. The molecule has 0 saturated carbocycles. The molecule has 2 aromatic rings. The molecule has 1 aliphatic heterocycles. The number of quaternary nitrogens is 1. The summed E-state index contributed by atoms with van der Waals surface area (Å²) in [6.45, 7) is 3.73. The molecule has 3 N–H and O–H groups in total. The Balaban J connectivity index is 1.77. The number of aliphatic hydroxyl groups excluding tert-OH is 1. The van der Waals surface area contributed by atoms with Gasteiger partial charge in [-0.15, -0.1) is 0 Å². The van der Waals surface area contributed by atoms with Gasteiger partial charge in [-0.3, -0.25) is 14.9 Å². The largest absolute Gasteiger partial charge is 0.497 e. The highest BCUT2D eigenvalue weighted by molar-refractivity contribution is 6.05. The molecule has 154 valence electrons. The van der Waals surface area contributed by atoms with Gasteiger partial charge in [0.2, 0.25) is 0 Å². The Morgan fingerprint density at radius 2 is 2.03 bits per heavy atom.